The Morgan fingerprint density at radius 1 is 1.39 bits per heavy atom. The van der Waals surface area contributed by atoms with Crippen molar-refractivity contribution < 1.29 is 4.79 Å². The molecule has 0 aliphatic heterocycles. The van der Waals surface area contributed by atoms with Gasteiger partial charge in [-0.25, -0.2) is 10.4 Å². The molecule has 0 saturated heterocycles. The molecule has 7 heteroatoms. The Kier molecular flexibility index (Phi) is 4.68. The van der Waals surface area contributed by atoms with Crippen molar-refractivity contribution in [2.45, 2.75) is 20.3 Å². The SMILES string of the molecule is Cc1cc(/C=N\NC(=O)Cc2cccs2)c(C)n1-c1nccs1. The number of aromatic nitrogens is 2. The summed E-state index contributed by atoms with van der Waals surface area (Å²) in [4.78, 5) is 17.2. The van der Waals surface area contributed by atoms with Crippen molar-refractivity contribution in [3.63, 3.8) is 0 Å². The van der Waals surface area contributed by atoms with Gasteiger partial charge < -0.3 is 0 Å². The lowest BCUT2D eigenvalue weighted by Gasteiger charge is -2.04. The lowest BCUT2D eigenvalue weighted by Crippen LogP contribution is -2.19. The summed E-state index contributed by atoms with van der Waals surface area (Å²) in [7, 11) is 0. The van der Waals surface area contributed by atoms with Gasteiger partial charge in [0.1, 0.15) is 0 Å². The van der Waals surface area contributed by atoms with E-state index in [1.54, 1.807) is 35.1 Å². The summed E-state index contributed by atoms with van der Waals surface area (Å²) in [6.07, 6.45) is 3.82. The Morgan fingerprint density at radius 3 is 2.96 bits per heavy atom. The Hall–Kier alpha value is -2.25. The minimum atomic E-state index is -0.113. The standard InChI is InChI=1S/C16H16N4OS2/c1-11-8-13(12(2)20(11)16-17-5-7-23-16)10-18-19-15(21)9-14-4-3-6-22-14/h3-8,10H,9H2,1-2H3,(H,19,21)/b18-10-. The van der Waals surface area contributed by atoms with Crippen LogP contribution in [0.3, 0.4) is 0 Å². The van der Waals surface area contributed by atoms with Crippen LogP contribution in [0.4, 0.5) is 0 Å². The highest BCUT2D eigenvalue weighted by Gasteiger charge is 2.11. The number of hydrogen-bond acceptors (Lipinski definition) is 5. The summed E-state index contributed by atoms with van der Waals surface area (Å²) >= 11 is 3.15. The van der Waals surface area contributed by atoms with Crippen molar-refractivity contribution in [2.24, 2.45) is 5.10 Å². The summed E-state index contributed by atoms with van der Waals surface area (Å²) in [5.41, 5.74) is 5.68. The number of hydrogen-bond donors (Lipinski definition) is 1. The van der Waals surface area contributed by atoms with Crippen LogP contribution in [0, 0.1) is 13.8 Å². The van der Waals surface area contributed by atoms with Gasteiger partial charge in [0.2, 0.25) is 5.91 Å². The molecule has 0 atom stereocenters. The van der Waals surface area contributed by atoms with Crippen LogP contribution in [0.2, 0.25) is 0 Å². The average molecular weight is 344 g/mol. The van der Waals surface area contributed by atoms with E-state index in [1.165, 1.54) is 0 Å². The molecule has 3 aromatic heterocycles. The third-order valence-corrected chi connectivity index (χ3v) is 5.02. The van der Waals surface area contributed by atoms with Gasteiger partial charge in [0.05, 0.1) is 12.6 Å². The van der Waals surface area contributed by atoms with Crippen molar-refractivity contribution in [2.75, 3.05) is 0 Å². The Bertz CT molecular complexity index is 817. The normalized spacial score (nSPS) is 11.2. The average Bonchev–Trinajstić information content (AvgIpc) is 3.23. The number of hydrazone groups is 1. The van der Waals surface area contributed by atoms with Crippen LogP contribution >= 0.6 is 22.7 Å². The molecule has 3 aromatic rings. The summed E-state index contributed by atoms with van der Waals surface area (Å²) in [6.45, 7) is 4.05. The third-order valence-electron chi connectivity index (χ3n) is 3.39. The van der Waals surface area contributed by atoms with Gasteiger partial charge >= 0.3 is 0 Å². The quantitative estimate of drug-likeness (QED) is 0.570. The van der Waals surface area contributed by atoms with Crippen molar-refractivity contribution in [1.82, 2.24) is 15.0 Å². The summed E-state index contributed by atoms with van der Waals surface area (Å²) in [5, 5.41) is 8.91. The Labute approximate surface area is 142 Å². The van der Waals surface area contributed by atoms with E-state index in [0.717, 1.165) is 27.0 Å². The van der Waals surface area contributed by atoms with E-state index in [2.05, 4.69) is 20.1 Å². The van der Waals surface area contributed by atoms with Gasteiger partial charge in [0, 0.05) is 33.4 Å². The first-order valence-electron chi connectivity index (χ1n) is 7.08. The lowest BCUT2D eigenvalue weighted by molar-refractivity contribution is -0.120. The van der Waals surface area contributed by atoms with E-state index in [4.69, 9.17) is 0 Å². The first-order valence-corrected chi connectivity index (χ1v) is 8.84. The number of rotatable bonds is 5. The fraction of sp³-hybridized carbons (Fsp3) is 0.188. The van der Waals surface area contributed by atoms with E-state index < -0.39 is 0 Å². The van der Waals surface area contributed by atoms with Crippen molar-refractivity contribution in [3.8, 4) is 5.13 Å². The Morgan fingerprint density at radius 2 is 2.26 bits per heavy atom. The third kappa shape index (κ3) is 3.57. The maximum Gasteiger partial charge on any atom is 0.245 e. The lowest BCUT2D eigenvalue weighted by atomic mass is 10.3. The van der Waals surface area contributed by atoms with Gasteiger partial charge in [-0.1, -0.05) is 6.07 Å². The molecule has 0 bridgehead atoms. The summed E-state index contributed by atoms with van der Waals surface area (Å²) < 4.78 is 2.08. The monoisotopic (exact) mass is 344 g/mol. The zero-order valence-electron chi connectivity index (χ0n) is 12.8. The van der Waals surface area contributed by atoms with E-state index in [9.17, 15) is 4.79 Å². The summed E-state index contributed by atoms with van der Waals surface area (Å²) in [5.74, 6) is -0.113. The molecule has 0 spiro atoms. The largest absolute Gasteiger partial charge is 0.294 e. The molecule has 1 amide bonds. The molecule has 0 radical (unpaired) electrons. The molecule has 0 fully saturated rings. The second-order valence-corrected chi connectivity index (χ2v) is 6.93. The van der Waals surface area contributed by atoms with E-state index in [1.807, 2.05) is 42.8 Å². The van der Waals surface area contributed by atoms with Gasteiger partial charge in [-0.05, 0) is 31.4 Å². The van der Waals surface area contributed by atoms with Gasteiger partial charge in [-0.3, -0.25) is 9.36 Å². The maximum absolute atomic E-state index is 11.8. The van der Waals surface area contributed by atoms with Crippen LogP contribution in [0.25, 0.3) is 5.13 Å². The molecule has 0 unspecified atom stereocenters. The molecule has 23 heavy (non-hydrogen) atoms. The number of carbonyl (C=O) groups is 1. The minimum Gasteiger partial charge on any atom is -0.294 e. The fourth-order valence-corrected chi connectivity index (χ4v) is 3.78. The molecule has 0 aliphatic rings. The smallest absolute Gasteiger partial charge is 0.245 e. The number of amides is 1. The highest BCUT2D eigenvalue weighted by atomic mass is 32.1. The molecule has 3 heterocycles. The van der Waals surface area contributed by atoms with Crippen molar-refractivity contribution >= 4 is 34.8 Å². The fourth-order valence-electron chi connectivity index (χ4n) is 2.32. The predicted molar refractivity (Wildman–Crippen MR) is 94.7 cm³/mol. The van der Waals surface area contributed by atoms with E-state index in [-0.39, 0.29) is 5.91 Å². The van der Waals surface area contributed by atoms with E-state index in [0.29, 0.717) is 6.42 Å². The maximum atomic E-state index is 11.8. The minimum absolute atomic E-state index is 0.113. The van der Waals surface area contributed by atoms with Crippen LogP contribution < -0.4 is 5.43 Å². The van der Waals surface area contributed by atoms with Crippen molar-refractivity contribution in [3.05, 3.63) is 57.0 Å². The van der Waals surface area contributed by atoms with Gasteiger partial charge in [0.15, 0.2) is 5.13 Å². The van der Waals surface area contributed by atoms with Crippen LogP contribution in [-0.4, -0.2) is 21.7 Å². The van der Waals surface area contributed by atoms with Crippen LogP contribution in [-0.2, 0) is 11.2 Å². The second kappa shape index (κ2) is 6.89. The number of nitrogens with one attached hydrogen (secondary N) is 1. The molecule has 0 saturated carbocycles. The number of thiophene rings is 1. The number of thiazole rings is 1. The first-order chi connectivity index (χ1) is 11.1. The molecule has 0 aromatic carbocycles. The van der Waals surface area contributed by atoms with Gasteiger partial charge in [0.25, 0.3) is 0 Å². The van der Waals surface area contributed by atoms with Crippen LogP contribution in [0.5, 0.6) is 0 Å². The zero-order chi connectivity index (χ0) is 16.2. The summed E-state index contributed by atoms with van der Waals surface area (Å²) in [6, 6.07) is 5.91. The molecule has 5 nitrogen and oxygen atoms in total. The highest BCUT2D eigenvalue weighted by molar-refractivity contribution is 7.12. The molecular formula is C16H16N4OS2. The van der Waals surface area contributed by atoms with Gasteiger partial charge in [-0.2, -0.15) is 5.10 Å². The second-order valence-electron chi connectivity index (χ2n) is 5.03. The first kappa shape index (κ1) is 15.6. The molecule has 3 rings (SSSR count). The van der Waals surface area contributed by atoms with E-state index >= 15 is 0 Å². The number of carbonyl (C=O) groups excluding carboxylic acids is 1. The molecule has 0 aliphatic carbocycles. The number of aryl methyl sites for hydroxylation is 1. The van der Waals surface area contributed by atoms with Gasteiger partial charge in [-0.15, -0.1) is 22.7 Å². The number of nitrogens with zero attached hydrogens (tertiary/aromatic N) is 3. The molecular weight excluding hydrogens is 328 g/mol. The van der Waals surface area contributed by atoms with Crippen LogP contribution in [0.15, 0.2) is 40.3 Å². The molecule has 1 N–H and O–H groups in total. The highest BCUT2D eigenvalue weighted by Crippen LogP contribution is 2.21. The molecule has 118 valence electrons. The zero-order valence-corrected chi connectivity index (χ0v) is 14.4. The van der Waals surface area contributed by atoms with Crippen molar-refractivity contribution in [1.29, 1.82) is 0 Å². The topological polar surface area (TPSA) is 59.3 Å². The predicted octanol–water partition coefficient (Wildman–Crippen LogP) is 3.30. The Balaban J connectivity index is 1.68. The van der Waals surface area contributed by atoms with Crippen LogP contribution in [0.1, 0.15) is 21.8 Å².